The average molecular weight is 227 g/mol. The Labute approximate surface area is 98.9 Å². The molecule has 0 aromatic heterocycles. The lowest BCUT2D eigenvalue weighted by Gasteiger charge is -2.28. The molecule has 0 saturated heterocycles. The molecule has 0 aromatic carbocycles. The van der Waals surface area contributed by atoms with Crippen LogP contribution in [0.4, 0.5) is 0 Å². The fourth-order valence-corrected chi connectivity index (χ4v) is 2.37. The lowest BCUT2D eigenvalue weighted by molar-refractivity contribution is -0.102. The molecule has 2 aliphatic carbocycles. The van der Waals surface area contributed by atoms with Crippen molar-refractivity contribution in [3.63, 3.8) is 0 Å². The summed E-state index contributed by atoms with van der Waals surface area (Å²) in [7, 11) is 0. The Bertz CT molecular complexity index is 186. The molecule has 2 fully saturated rings. The average Bonchev–Trinajstić information content (AvgIpc) is 3.11. The molecular formula is C13H25NO2. The minimum atomic E-state index is 0.439. The lowest BCUT2D eigenvalue weighted by atomic mass is 9.93. The zero-order valence-corrected chi connectivity index (χ0v) is 10.4. The second-order valence-electron chi connectivity index (χ2n) is 5.13. The Morgan fingerprint density at radius 3 is 2.44 bits per heavy atom. The van der Waals surface area contributed by atoms with Crippen molar-refractivity contribution < 1.29 is 9.47 Å². The molecule has 0 atom stereocenters. The van der Waals surface area contributed by atoms with Crippen LogP contribution in [-0.2, 0) is 9.47 Å². The molecule has 0 unspecified atom stereocenters. The van der Waals surface area contributed by atoms with Gasteiger partial charge in [-0.15, -0.1) is 0 Å². The molecule has 16 heavy (non-hydrogen) atoms. The summed E-state index contributed by atoms with van der Waals surface area (Å²) in [6.45, 7) is 4.68. The minimum absolute atomic E-state index is 0.439. The van der Waals surface area contributed by atoms with Crippen molar-refractivity contribution in [2.75, 3.05) is 19.9 Å². The Morgan fingerprint density at radius 2 is 1.81 bits per heavy atom. The Morgan fingerprint density at radius 1 is 1.06 bits per heavy atom. The molecule has 2 rings (SSSR count). The fraction of sp³-hybridized carbons (Fsp3) is 1.00. The molecule has 0 aromatic rings. The van der Waals surface area contributed by atoms with Crippen molar-refractivity contribution in [1.29, 1.82) is 0 Å². The zero-order valence-electron chi connectivity index (χ0n) is 10.4. The van der Waals surface area contributed by atoms with Crippen molar-refractivity contribution in [1.82, 2.24) is 5.32 Å². The zero-order chi connectivity index (χ0) is 11.2. The maximum Gasteiger partial charge on any atom is 0.147 e. The predicted octanol–water partition coefficient (Wildman–Crippen LogP) is 2.31. The molecule has 3 heteroatoms. The van der Waals surface area contributed by atoms with Gasteiger partial charge in [0.25, 0.3) is 0 Å². The van der Waals surface area contributed by atoms with Crippen LogP contribution in [-0.4, -0.2) is 32.1 Å². The summed E-state index contributed by atoms with van der Waals surface area (Å²) in [5.74, 6) is 0.841. The van der Waals surface area contributed by atoms with Gasteiger partial charge in [0.15, 0.2) is 0 Å². The van der Waals surface area contributed by atoms with E-state index in [1.54, 1.807) is 0 Å². The van der Waals surface area contributed by atoms with Crippen molar-refractivity contribution in [3.8, 4) is 0 Å². The summed E-state index contributed by atoms with van der Waals surface area (Å²) in [6, 6.07) is 0.720. The van der Waals surface area contributed by atoms with E-state index in [-0.39, 0.29) is 0 Å². The van der Waals surface area contributed by atoms with Gasteiger partial charge in [0.05, 0.1) is 12.7 Å². The summed E-state index contributed by atoms with van der Waals surface area (Å²) < 4.78 is 11.2. The molecule has 0 spiro atoms. The van der Waals surface area contributed by atoms with Crippen molar-refractivity contribution in [2.24, 2.45) is 5.92 Å². The number of ether oxygens (including phenoxy) is 2. The predicted molar refractivity (Wildman–Crippen MR) is 64.3 cm³/mol. The third kappa shape index (κ3) is 4.40. The quantitative estimate of drug-likeness (QED) is 0.535. The summed E-state index contributed by atoms with van der Waals surface area (Å²) in [6.07, 6.45) is 8.02. The molecule has 94 valence electrons. The van der Waals surface area contributed by atoms with E-state index >= 15 is 0 Å². The molecule has 0 amide bonds. The summed E-state index contributed by atoms with van der Waals surface area (Å²) >= 11 is 0. The van der Waals surface area contributed by atoms with Crippen molar-refractivity contribution in [3.05, 3.63) is 0 Å². The lowest BCUT2D eigenvalue weighted by Crippen LogP contribution is -2.35. The third-order valence-electron chi connectivity index (χ3n) is 3.60. The molecule has 0 aliphatic heterocycles. The van der Waals surface area contributed by atoms with Crippen molar-refractivity contribution in [2.45, 2.75) is 57.6 Å². The van der Waals surface area contributed by atoms with E-state index < -0.39 is 0 Å². The van der Waals surface area contributed by atoms with Crippen LogP contribution in [0.15, 0.2) is 0 Å². The van der Waals surface area contributed by atoms with E-state index in [1.807, 2.05) is 0 Å². The topological polar surface area (TPSA) is 30.5 Å². The van der Waals surface area contributed by atoms with Crippen LogP contribution in [0.5, 0.6) is 0 Å². The number of hydrogen-bond acceptors (Lipinski definition) is 3. The normalized spacial score (nSPS) is 30.6. The van der Waals surface area contributed by atoms with Gasteiger partial charge in [-0.2, -0.15) is 0 Å². The number of nitrogens with one attached hydrogen (secondary N) is 1. The molecular weight excluding hydrogens is 202 g/mol. The van der Waals surface area contributed by atoms with E-state index in [2.05, 4.69) is 12.2 Å². The highest BCUT2D eigenvalue weighted by Crippen LogP contribution is 2.29. The van der Waals surface area contributed by atoms with E-state index in [9.17, 15) is 0 Å². The van der Waals surface area contributed by atoms with E-state index in [0.717, 1.165) is 25.1 Å². The van der Waals surface area contributed by atoms with Crippen molar-refractivity contribution >= 4 is 0 Å². The molecule has 0 bridgehead atoms. The van der Waals surface area contributed by atoms with Gasteiger partial charge in [-0.05, 0) is 51.0 Å². The molecule has 2 saturated carbocycles. The monoisotopic (exact) mass is 227 g/mol. The highest BCUT2D eigenvalue weighted by Gasteiger charge is 2.23. The van der Waals surface area contributed by atoms with Gasteiger partial charge in [0, 0.05) is 6.04 Å². The van der Waals surface area contributed by atoms with E-state index in [0.29, 0.717) is 12.9 Å². The second kappa shape index (κ2) is 6.58. The smallest absolute Gasteiger partial charge is 0.147 e. The number of rotatable bonds is 7. The van der Waals surface area contributed by atoms with Crippen LogP contribution in [0.2, 0.25) is 0 Å². The first kappa shape index (κ1) is 12.3. The molecule has 1 N–H and O–H groups in total. The summed E-state index contributed by atoms with van der Waals surface area (Å²) in [5, 5.41) is 3.51. The molecule has 0 heterocycles. The standard InChI is InChI=1S/C13H25NO2/c1-2-14-12-5-7-13(8-6-12)16-10-15-9-11-3-4-11/h11-14H,2-10H2,1H3. The van der Waals surface area contributed by atoms with Gasteiger partial charge in [0.2, 0.25) is 0 Å². The first-order valence-electron chi connectivity index (χ1n) is 6.81. The van der Waals surface area contributed by atoms with Crippen LogP contribution < -0.4 is 5.32 Å². The maximum atomic E-state index is 5.74. The van der Waals surface area contributed by atoms with Gasteiger partial charge in [0.1, 0.15) is 6.79 Å². The van der Waals surface area contributed by atoms with E-state index in [1.165, 1.54) is 38.5 Å². The van der Waals surface area contributed by atoms with Gasteiger partial charge in [-0.3, -0.25) is 0 Å². The van der Waals surface area contributed by atoms with E-state index in [4.69, 9.17) is 9.47 Å². The van der Waals surface area contributed by atoms with Crippen LogP contribution in [0, 0.1) is 5.92 Å². The Hall–Kier alpha value is -0.120. The SMILES string of the molecule is CCNC1CCC(OCOCC2CC2)CC1. The Kier molecular flexibility index (Phi) is 5.07. The first-order valence-corrected chi connectivity index (χ1v) is 6.81. The highest BCUT2D eigenvalue weighted by atomic mass is 16.7. The van der Waals surface area contributed by atoms with Gasteiger partial charge in [-0.1, -0.05) is 6.92 Å². The van der Waals surface area contributed by atoms with Crippen LogP contribution in [0.3, 0.4) is 0 Å². The van der Waals surface area contributed by atoms with Gasteiger partial charge < -0.3 is 14.8 Å². The van der Waals surface area contributed by atoms with Crippen LogP contribution >= 0.6 is 0 Å². The summed E-state index contributed by atoms with van der Waals surface area (Å²) in [4.78, 5) is 0. The fourth-order valence-electron chi connectivity index (χ4n) is 2.37. The van der Waals surface area contributed by atoms with Gasteiger partial charge in [-0.25, -0.2) is 0 Å². The number of hydrogen-bond donors (Lipinski definition) is 1. The second-order valence-corrected chi connectivity index (χ2v) is 5.13. The maximum absolute atomic E-state index is 5.74. The largest absolute Gasteiger partial charge is 0.355 e. The van der Waals surface area contributed by atoms with Gasteiger partial charge >= 0.3 is 0 Å². The first-order chi connectivity index (χ1) is 7.88. The van der Waals surface area contributed by atoms with Crippen LogP contribution in [0.25, 0.3) is 0 Å². The van der Waals surface area contributed by atoms with Crippen LogP contribution in [0.1, 0.15) is 45.4 Å². The molecule has 3 nitrogen and oxygen atoms in total. The third-order valence-corrected chi connectivity index (χ3v) is 3.60. The highest BCUT2D eigenvalue weighted by molar-refractivity contribution is 4.77. The Balaban J connectivity index is 1.47. The molecule has 2 aliphatic rings. The molecule has 0 radical (unpaired) electrons. The summed E-state index contributed by atoms with van der Waals surface area (Å²) in [5.41, 5.74) is 0. The minimum Gasteiger partial charge on any atom is -0.355 e.